The van der Waals surface area contributed by atoms with Crippen molar-refractivity contribution in [2.24, 2.45) is 0 Å². The molecule has 3 rings (SSSR count). The maximum atomic E-state index is 12.9. The second kappa shape index (κ2) is 7.57. The van der Waals surface area contributed by atoms with Gasteiger partial charge in [-0.15, -0.1) is 11.3 Å². The smallest absolute Gasteiger partial charge is 0.257 e. The van der Waals surface area contributed by atoms with Crippen molar-refractivity contribution in [1.82, 2.24) is 4.98 Å². The molecule has 0 aliphatic heterocycles. The molecule has 0 radical (unpaired) electrons. The molecule has 0 bridgehead atoms. The average Bonchev–Trinajstić information content (AvgIpc) is 3.10. The first kappa shape index (κ1) is 17.3. The van der Waals surface area contributed by atoms with Gasteiger partial charge < -0.3 is 0 Å². The second-order valence-corrected chi connectivity index (χ2v) is 6.79. The lowest BCUT2D eigenvalue weighted by Gasteiger charge is -2.08. The third-order valence-corrected chi connectivity index (χ3v) is 4.98. The zero-order valence-corrected chi connectivity index (χ0v) is 14.9. The van der Waals surface area contributed by atoms with Gasteiger partial charge in [0.25, 0.3) is 5.91 Å². The third-order valence-electron chi connectivity index (χ3n) is 4.22. The molecule has 0 aliphatic carbocycles. The number of aromatic nitrogens is 1. The number of rotatable bonds is 5. The molecule has 1 aromatic heterocycles. The number of hydrogen-bond acceptors (Lipinski definition) is 3. The van der Waals surface area contributed by atoms with E-state index in [-0.39, 0.29) is 11.7 Å². The zero-order chi connectivity index (χ0) is 17.8. The van der Waals surface area contributed by atoms with E-state index in [1.807, 2.05) is 5.38 Å². The van der Waals surface area contributed by atoms with Gasteiger partial charge in [-0.3, -0.25) is 10.1 Å². The van der Waals surface area contributed by atoms with Crippen molar-refractivity contribution >= 4 is 22.4 Å². The quantitative estimate of drug-likeness (QED) is 0.637. The van der Waals surface area contributed by atoms with Gasteiger partial charge in [0.2, 0.25) is 0 Å². The van der Waals surface area contributed by atoms with Crippen LogP contribution in [0, 0.1) is 5.82 Å². The summed E-state index contributed by atoms with van der Waals surface area (Å²) in [4.78, 5) is 16.6. The topological polar surface area (TPSA) is 42.0 Å². The van der Waals surface area contributed by atoms with Crippen LogP contribution in [0.15, 0.2) is 53.9 Å². The van der Waals surface area contributed by atoms with Gasteiger partial charge in [0.15, 0.2) is 5.13 Å². The summed E-state index contributed by atoms with van der Waals surface area (Å²) in [5.74, 6) is -0.128. The number of hydrogen-bond donors (Lipinski definition) is 1. The van der Waals surface area contributed by atoms with E-state index in [0.29, 0.717) is 16.6 Å². The molecule has 0 spiro atoms. The van der Waals surface area contributed by atoms with Crippen LogP contribution in [0.1, 0.15) is 42.1 Å². The summed E-state index contributed by atoms with van der Waals surface area (Å²) in [5.41, 5.74) is 3.56. The Balaban J connectivity index is 1.71. The fourth-order valence-electron chi connectivity index (χ4n) is 2.45. The highest BCUT2D eigenvalue weighted by Crippen LogP contribution is 2.27. The fourth-order valence-corrected chi connectivity index (χ4v) is 3.17. The van der Waals surface area contributed by atoms with Crippen molar-refractivity contribution in [3.8, 4) is 11.3 Å². The number of halogens is 1. The van der Waals surface area contributed by atoms with Crippen molar-refractivity contribution < 1.29 is 9.18 Å². The number of carbonyl (C=O) groups is 1. The molecule has 0 saturated heterocycles. The van der Waals surface area contributed by atoms with E-state index in [2.05, 4.69) is 48.4 Å². The normalized spacial score (nSPS) is 12.0. The van der Waals surface area contributed by atoms with E-state index in [1.54, 1.807) is 0 Å². The van der Waals surface area contributed by atoms with E-state index in [0.717, 1.165) is 17.7 Å². The largest absolute Gasteiger partial charge is 0.298 e. The van der Waals surface area contributed by atoms with Gasteiger partial charge >= 0.3 is 0 Å². The van der Waals surface area contributed by atoms with Crippen LogP contribution in [-0.2, 0) is 0 Å². The van der Waals surface area contributed by atoms with Gasteiger partial charge in [0, 0.05) is 16.5 Å². The highest BCUT2D eigenvalue weighted by Gasteiger charge is 2.11. The minimum Gasteiger partial charge on any atom is -0.298 e. The molecular formula is C20H19FN2OS. The molecule has 0 aliphatic rings. The van der Waals surface area contributed by atoms with E-state index >= 15 is 0 Å². The maximum absolute atomic E-state index is 12.9. The highest BCUT2D eigenvalue weighted by molar-refractivity contribution is 7.14. The number of anilines is 1. The summed E-state index contributed by atoms with van der Waals surface area (Å²) in [5, 5.41) is 5.19. The van der Waals surface area contributed by atoms with Crippen molar-refractivity contribution in [3.05, 3.63) is 70.9 Å². The van der Waals surface area contributed by atoms with Crippen LogP contribution in [0.4, 0.5) is 9.52 Å². The average molecular weight is 354 g/mol. The Kier molecular flexibility index (Phi) is 5.24. The molecule has 25 heavy (non-hydrogen) atoms. The molecule has 3 nitrogen and oxygen atoms in total. The first-order valence-electron chi connectivity index (χ1n) is 8.19. The van der Waals surface area contributed by atoms with Gasteiger partial charge in [-0.05, 0) is 42.2 Å². The van der Waals surface area contributed by atoms with Gasteiger partial charge in [0.1, 0.15) is 5.82 Å². The molecule has 0 saturated carbocycles. The number of nitrogens with zero attached hydrogens (tertiary/aromatic N) is 1. The van der Waals surface area contributed by atoms with E-state index in [4.69, 9.17) is 0 Å². The molecule has 2 aromatic carbocycles. The molecule has 1 atom stereocenters. The first-order valence-corrected chi connectivity index (χ1v) is 9.07. The number of carbonyl (C=O) groups excluding carboxylic acids is 1. The number of nitrogens with one attached hydrogen (secondary N) is 1. The SMILES string of the molecule is CCC(C)c1ccc(-c2csc(NC(=O)c3ccc(F)cc3)n2)cc1. The molecule has 5 heteroatoms. The zero-order valence-electron chi connectivity index (χ0n) is 14.1. The van der Waals surface area contributed by atoms with Gasteiger partial charge in [-0.2, -0.15) is 0 Å². The Morgan fingerprint density at radius 1 is 1.16 bits per heavy atom. The molecule has 1 amide bonds. The predicted octanol–water partition coefficient (Wildman–Crippen LogP) is 5.72. The van der Waals surface area contributed by atoms with Crippen LogP contribution in [-0.4, -0.2) is 10.9 Å². The molecule has 1 unspecified atom stereocenters. The van der Waals surface area contributed by atoms with Crippen molar-refractivity contribution in [3.63, 3.8) is 0 Å². The van der Waals surface area contributed by atoms with Crippen LogP contribution >= 0.6 is 11.3 Å². The van der Waals surface area contributed by atoms with E-state index in [1.165, 1.54) is 41.2 Å². The van der Waals surface area contributed by atoms with Gasteiger partial charge in [0.05, 0.1) is 5.69 Å². The summed E-state index contributed by atoms with van der Waals surface area (Å²) in [6.45, 7) is 4.38. The van der Waals surface area contributed by atoms with Gasteiger partial charge in [-0.25, -0.2) is 9.37 Å². The number of benzene rings is 2. The van der Waals surface area contributed by atoms with Crippen LogP contribution in [0.3, 0.4) is 0 Å². The predicted molar refractivity (Wildman–Crippen MR) is 101 cm³/mol. The van der Waals surface area contributed by atoms with Crippen LogP contribution in [0.5, 0.6) is 0 Å². The molecular weight excluding hydrogens is 335 g/mol. The molecule has 1 heterocycles. The van der Waals surface area contributed by atoms with Crippen molar-refractivity contribution in [2.75, 3.05) is 5.32 Å². The first-order chi connectivity index (χ1) is 12.1. The molecule has 3 aromatic rings. The number of thiazole rings is 1. The Hall–Kier alpha value is -2.53. The summed E-state index contributed by atoms with van der Waals surface area (Å²) in [6.07, 6.45) is 1.11. The van der Waals surface area contributed by atoms with Crippen LogP contribution in [0.2, 0.25) is 0 Å². The summed E-state index contributed by atoms with van der Waals surface area (Å²) in [6, 6.07) is 13.8. The van der Waals surface area contributed by atoms with Crippen LogP contribution in [0.25, 0.3) is 11.3 Å². The van der Waals surface area contributed by atoms with E-state index in [9.17, 15) is 9.18 Å². The minimum atomic E-state index is -0.367. The minimum absolute atomic E-state index is 0.298. The highest BCUT2D eigenvalue weighted by atomic mass is 32.1. The maximum Gasteiger partial charge on any atom is 0.257 e. The fraction of sp³-hybridized carbons (Fsp3) is 0.200. The Bertz CT molecular complexity index is 856. The second-order valence-electron chi connectivity index (χ2n) is 5.93. The van der Waals surface area contributed by atoms with Crippen molar-refractivity contribution in [2.45, 2.75) is 26.2 Å². The molecule has 1 N–H and O–H groups in total. The summed E-state index contributed by atoms with van der Waals surface area (Å²) in [7, 11) is 0. The number of amides is 1. The Morgan fingerprint density at radius 3 is 2.48 bits per heavy atom. The Morgan fingerprint density at radius 2 is 1.84 bits per heavy atom. The standard InChI is InChI=1S/C20H19FN2OS/c1-3-13(2)14-4-6-15(7-5-14)18-12-25-20(22-18)23-19(24)16-8-10-17(21)11-9-16/h4-13H,3H2,1-2H3,(H,22,23,24). The summed E-state index contributed by atoms with van der Waals surface area (Å²) >= 11 is 1.37. The van der Waals surface area contributed by atoms with E-state index < -0.39 is 0 Å². The lowest BCUT2D eigenvalue weighted by Crippen LogP contribution is -2.11. The molecule has 128 valence electrons. The lowest BCUT2D eigenvalue weighted by molar-refractivity contribution is 0.102. The van der Waals surface area contributed by atoms with Gasteiger partial charge in [-0.1, -0.05) is 38.1 Å². The monoisotopic (exact) mass is 354 g/mol. The lowest BCUT2D eigenvalue weighted by atomic mass is 9.97. The van der Waals surface area contributed by atoms with Crippen LogP contribution < -0.4 is 5.32 Å². The third kappa shape index (κ3) is 4.12. The summed E-state index contributed by atoms with van der Waals surface area (Å²) < 4.78 is 12.9. The molecule has 0 fully saturated rings. The Labute approximate surface area is 150 Å². The van der Waals surface area contributed by atoms with Crippen molar-refractivity contribution in [1.29, 1.82) is 0 Å².